The molecule has 5 heteroatoms. The van der Waals surface area contributed by atoms with Crippen molar-refractivity contribution < 1.29 is 14.3 Å². The van der Waals surface area contributed by atoms with Crippen LogP contribution in [0.1, 0.15) is 27.0 Å². The van der Waals surface area contributed by atoms with Crippen LogP contribution in [0.5, 0.6) is 0 Å². The topological polar surface area (TPSA) is 49.3 Å². The van der Waals surface area contributed by atoms with Gasteiger partial charge in [-0.3, -0.25) is 0 Å². The molecule has 2 rings (SSSR count). The van der Waals surface area contributed by atoms with Crippen LogP contribution in [0.25, 0.3) is 0 Å². The Morgan fingerprint density at radius 1 is 1.24 bits per heavy atom. The molecule has 21 heavy (non-hydrogen) atoms. The van der Waals surface area contributed by atoms with Crippen LogP contribution in [-0.4, -0.2) is 11.1 Å². The van der Waals surface area contributed by atoms with Gasteiger partial charge in [0.05, 0.1) is 5.56 Å². The van der Waals surface area contributed by atoms with E-state index in [1.807, 2.05) is 0 Å². The molecular formula is C16H15ClFNO2. The summed E-state index contributed by atoms with van der Waals surface area (Å²) >= 11 is 5.80. The summed E-state index contributed by atoms with van der Waals surface area (Å²) in [6.45, 7) is 3.82. The summed E-state index contributed by atoms with van der Waals surface area (Å²) in [6, 6.07) is 8.12. The van der Waals surface area contributed by atoms with Gasteiger partial charge in [0.25, 0.3) is 0 Å². The summed E-state index contributed by atoms with van der Waals surface area (Å²) in [5.74, 6) is -1.26. The van der Waals surface area contributed by atoms with E-state index in [9.17, 15) is 9.18 Å². The predicted molar refractivity (Wildman–Crippen MR) is 81.6 cm³/mol. The van der Waals surface area contributed by atoms with E-state index in [1.165, 1.54) is 6.07 Å². The first-order valence-corrected chi connectivity index (χ1v) is 6.78. The molecule has 0 spiro atoms. The molecule has 3 nitrogen and oxygen atoms in total. The minimum atomic E-state index is -1.05. The van der Waals surface area contributed by atoms with Crippen LogP contribution in [0.3, 0.4) is 0 Å². The minimum Gasteiger partial charge on any atom is -0.478 e. The average molecular weight is 308 g/mol. The van der Waals surface area contributed by atoms with Gasteiger partial charge in [-0.25, -0.2) is 9.18 Å². The highest BCUT2D eigenvalue weighted by Gasteiger charge is 2.11. The molecule has 0 unspecified atom stereocenters. The van der Waals surface area contributed by atoms with Crippen molar-refractivity contribution in [2.45, 2.75) is 20.4 Å². The number of nitrogens with one attached hydrogen (secondary N) is 1. The lowest BCUT2D eigenvalue weighted by atomic mass is 10.1. The monoisotopic (exact) mass is 307 g/mol. The van der Waals surface area contributed by atoms with Crippen molar-refractivity contribution in [1.82, 2.24) is 0 Å². The van der Waals surface area contributed by atoms with Gasteiger partial charge < -0.3 is 10.4 Å². The van der Waals surface area contributed by atoms with Gasteiger partial charge in [-0.05, 0) is 48.7 Å². The van der Waals surface area contributed by atoms with Gasteiger partial charge in [0.2, 0.25) is 0 Å². The smallest absolute Gasteiger partial charge is 0.337 e. The molecule has 0 amide bonds. The SMILES string of the molecule is Cc1cc(CNc2ccc(Cl)cc2C(=O)O)cc(C)c1F. The molecular weight excluding hydrogens is 293 g/mol. The summed E-state index contributed by atoms with van der Waals surface area (Å²) in [6.07, 6.45) is 0. The summed E-state index contributed by atoms with van der Waals surface area (Å²) in [4.78, 5) is 11.2. The summed E-state index contributed by atoms with van der Waals surface area (Å²) in [5, 5.41) is 12.6. The van der Waals surface area contributed by atoms with Crippen LogP contribution in [0, 0.1) is 19.7 Å². The maximum absolute atomic E-state index is 13.6. The van der Waals surface area contributed by atoms with Crippen molar-refractivity contribution in [3.8, 4) is 0 Å². The maximum Gasteiger partial charge on any atom is 0.337 e. The third-order valence-electron chi connectivity index (χ3n) is 3.19. The zero-order valence-corrected chi connectivity index (χ0v) is 12.5. The molecule has 2 aromatic rings. The predicted octanol–water partition coefficient (Wildman–Crippen LogP) is 4.41. The molecule has 0 aromatic heterocycles. The van der Waals surface area contributed by atoms with Gasteiger partial charge >= 0.3 is 5.97 Å². The molecule has 0 radical (unpaired) electrons. The van der Waals surface area contributed by atoms with Crippen LogP contribution >= 0.6 is 11.6 Å². The second-order valence-corrected chi connectivity index (χ2v) is 5.33. The first-order chi connectivity index (χ1) is 9.88. The Kier molecular flexibility index (Phi) is 4.48. The average Bonchev–Trinajstić information content (AvgIpc) is 2.43. The maximum atomic E-state index is 13.6. The molecule has 0 bridgehead atoms. The first-order valence-electron chi connectivity index (χ1n) is 6.41. The number of anilines is 1. The zero-order chi connectivity index (χ0) is 15.6. The number of hydrogen-bond donors (Lipinski definition) is 2. The van der Waals surface area contributed by atoms with Gasteiger partial charge in [0.15, 0.2) is 0 Å². The first kappa shape index (κ1) is 15.3. The largest absolute Gasteiger partial charge is 0.478 e. The highest BCUT2D eigenvalue weighted by molar-refractivity contribution is 6.31. The van der Waals surface area contributed by atoms with Crippen molar-refractivity contribution in [1.29, 1.82) is 0 Å². The van der Waals surface area contributed by atoms with Crippen LogP contribution in [-0.2, 0) is 6.54 Å². The quantitative estimate of drug-likeness (QED) is 0.880. The molecule has 110 valence electrons. The van der Waals surface area contributed by atoms with E-state index in [2.05, 4.69) is 5.32 Å². The Hall–Kier alpha value is -2.07. The standard InChI is InChI=1S/C16H15ClFNO2/c1-9-5-11(6-10(2)15(9)18)8-19-14-4-3-12(17)7-13(14)16(20)21/h3-7,19H,8H2,1-2H3,(H,20,21). The molecule has 0 atom stereocenters. The highest BCUT2D eigenvalue weighted by Crippen LogP contribution is 2.22. The van der Waals surface area contributed by atoms with Crippen molar-refractivity contribution in [2.24, 2.45) is 0 Å². The Labute approximate surface area is 127 Å². The van der Waals surface area contributed by atoms with E-state index in [0.29, 0.717) is 28.4 Å². The number of carboxylic acids is 1. The molecule has 0 aliphatic heterocycles. The van der Waals surface area contributed by atoms with Crippen molar-refractivity contribution in [3.63, 3.8) is 0 Å². The van der Waals surface area contributed by atoms with E-state index < -0.39 is 5.97 Å². The number of benzene rings is 2. The zero-order valence-electron chi connectivity index (χ0n) is 11.7. The third-order valence-corrected chi connectivity index (χ3v) is 3.43. The second-order valence-electron chi connectivity index (χ2n) is 4.89. The molecule has 0 aliphatic carbocycles. The third kappa shape index (κ3) is 3.52. The van der Waals surface area contributed by atoms with Gasteiger partial charge in [-0.2, -0.15) is 0 Å². The number of halogens is 2. The Bertz CT molecular complexity index is 678. The number of carboxylic acid groups (broad SMARTS) is 1. The molecule has 0 saturated heterocycles. The Morgan fingerprint density at radius 3 is 2.43 bits per heavy atom. The fourth-order valence-electron chi connectivity index (χ4n) is 2.18. The summed E-state index contributed by atoms with van der Waals surface area (Å²) in [7, 11) is 0. The molecule has 0 fully saturated rings. The van der Waals surface area contributed by atoms with E-state index >= 15 is 0 Å². The molecule has 0 saturated carbocycles. The van der Waals surface area contributed by atoms with Gasteiger partial charge in [0.1, 0.15) is 5.82 Å². The van der Waals surface area contributed by atoms with Crippen LogP contribution < -0.4 is 5.32 Å². The molecule has 2 N–H and O–H groups in total. The highest BCUT2D eigenvalue weighted by atomic mass is 35.5. The van der Waals surface area contributed by atoms with Crippen molar-refractivity contribution in [3.05, 3.63) is 63.4 Å². The van der Waals surface area contributed by atoms with Crippen molar-refractivity contribution >= 4 is 23.3 Å². The number of aryl methyl sites for hydroxylation is 2. The Balaban J connectivity index is 2.22. The fraction of sp³-hybridized carbons (Fsp3) is 0.188. The van der Waals surface area contributed by atoms with E-state index in [0.717, 1.165) is 5.56 Å². The number of hydrogen-bond acceptors (Lipinski definition) is 2. The van der Waals surface area contributed by atoms with Gasteiger partial charge in [-0.15, -0.1) is 0 Å². The fourth-order valence-corrected chi connectivity index (χ4v) is 2.35. The Morgan fingerprint density at radius 2 is 1.86 bits per heavy atom. The lowest BCUT2D eigenvalue weighted by Crippen LogP contribution is -2.07. The van der Waals surface area contributed by atoms with Crippen LogP contribution in [0.2, 0.25) is 5.02 Å². The van der Waals surface area contributed by atoms with Crippen molar-refractivity contribution in [2.75, 3.05) is 5.32 Å². The molecule has 0 heterocycles. The van der Waals surface area contributed by atoms with Gasteiger partial charge in [-0.1, -0.05) is 23.7 Å². The number of rotatable bonds is 4. The lowest BCUT2D eigenvalue weighted by molar-refractivity contribution is 0.0698. The van der Waals surface area contributed by atoms with E-state index in [-0.39, 0.29) is 11.4 Å². The normalized spacial score (nSPS) is 10.5. The number of aromatic carboxylic acids is 1. The van der Waals surface area contributed by atoms with E-state index in [4.69, 9.17) is 16.7 Å². The van der Waals surface area contributed by atoms with Gasteiger partial charge in [0, 0.05) is 17.3 Å². The van der Waals surface area contributed by atoms with Crippen LogP contribution in [0.15, 0.2) is 30.3 Å². The molecule has 0 aliphatic rings. The van der Waals surface area contributed by atoms with Crippen LogP contribution in [0.4, 0.5) is 10.1 Å². The number of carbonyl (C=O) groups is 1. The van der Waals surface area contributed by atoms with E-state index in [1.54, 1.807) is 38.1 Å². The second kappa shape index (κ2) is 6.14. The summed E-state index contributed by atoms with van der Waals surface area (Å²) in [5.41, 5.74) is 2.62. The minimum absolute atomic E-state index is 0.109. The summed E-state index contributed by atoms with van der Waals surface area (Å²) < 4.78 is 13.6. The lowest BCUT2D eigenvalue weighted by Gasteiger charge is -2.12. The molecule has 2 aromatic carbocycles.